The number of anilines is 1. The quantitative estimate of drug-likeness (QED) is 0.842. The summed E-state index contributed by atoms with van der Waals surface area (Å²) in [5, 5.41) is 3.38. The summed E-state index contributed by atoms with van der Waals surface area (Å²) in [6.07, 6.45) is 5.47. The van der Waals surface area contributed by atoms with Crippen LogP contribution in [0.25, 0.3) is 6.08 Å². The molecule has 1 amide bonds. The molecule has 6 heteroatoms. The van der Waals surface area contributed by atoms with Crippen LogP contribution in [-0.4, -0.2) is 24.2 Å². The fraction of sp³-hybridized carbons (Fsp3) is 0.263. The Morgan fingerprint density at radius 1 is 1.08 bits per heavy atom. The molecule has 2 aliphatic heterocycles. The number of rotatable bonds is 3. The van der Waals surface area contributed by atoms with Crippen LogP contribution in [0.3, 0.4) is 0 Å². The first-order chi connectivity index (χ1) is 12.3. The van der Waals surface area contributed by atoms with E-state index in [4.69, 9.17) is 4.42 Å². The Morgan fingerprint density at radius 2 is 1.88 bits per heavy atom. The molecule has 1 aromatic heterocycles. The molecule has 3 heterocycles. The molecule has 5 nitrogen and oxygen atoms in total. The van der Waals surface area contributed by atoms with E-state index >= 15 is 0 Å². The Kier molecular flexibility index (Phi) is 4.61. The molecule has 0 bridgehead atoms. The van der Waals surface area contributed by atoms with Crippen molar-refractivity contribution in [3.63, 3.8) is 0 Å². The lowest BCUT2D eigenvalue weighted by atomic mass is 10.1. The largest absolute Gasteiger partial charge is 0.441 e. The van der Waals surface area contributed by atoms with Crippen molar-refractivity contribution in [2.45, 2.75) is 19.3 Å². The van der Waals surface area contributed by atoms with Gasteiger partial charge in [-0.2, -0.15) is 0 Å². The predicted octanol–water partition coefficient (Wildman–Crippen LogP) is 4.16. The lowest BCUT2D eigenvalue weighted by molar-refractivity contribution is -0.115. The first-order valence-electron chi connectivity index (χ1n) is 8.47. The third-order valence-corrected chi connectivity index (χ3v) is 5.10. The van der Waals surface area contributed by atoms with E-state index in [9.17, 15) is 4.79 Å². The van der Waals surface area contributed by atoms with Crippen LogP contribution < -0.4 is 10.2 Å². The normalized spacial score (nSPS) is 21.1. The van der Waals surface area contributed by atoms with Gasteiger partial charge in [-0.15, -0.1) is 0 Å². The number of carbonyl (C=O) groups excluding carboxylic acids is 1. The molecule has 25 heavy (non-hydrogen) atoms. The first-order valence-corrected chi connectivity index (χ1v) is 9.29. The van der Waals surface area contributed by atoms with Crippen molar-refractivity contribution >= 4 is 40.5 Å². The average molecular weight is 353 g/mol. The lowest BCUT2D eigenvalue weighted by Gasteiger charge is -2.25. The molecule has 128 valence electrons. The predicted molar refractivity (Wildman–Crippen MR) is 102 cm³/mol. The van der Waals surface area contributed by atoms with Gasteiger partial charge in [0.1, 0.15) is 5.76 Å². The molecule has 0 radical (unpaired) electrons. The number of amidine groups is 1. The first kappa shape index (κ1) is 16.0. The minimum Gasteiger partial charge on any atom is -0.441 e. The molecular formula is C19H19N3O2S. The number of amides is 1. The van der Waals surface area contributed by atoms with E-state index in [1.54, 1.807) is 6.08 Å². The highest BCUT2D eigenvalue weighted by Crippen LogP contribution is 2.30. The number of para-hydroxylation sites is 1. The van der Waals surface area contributed by atoms with Crippen LogP contribution in [0.15, 0.2) is 56.8 Å². The van der Waals surface area contributed by atoms with E-state index in [-0.39, 0.29) is 5.91 Å². The molecule has 2 fully saturated rings. The van der Waals surface area contributed by atoms with Crippen LogP contribution in [-0.2, 0) is 4.79 Å². The fourth-order valence-corrected chi connectivity index (χ4v) is 3.76. The highest BCUT2D eigenvalue weighted by molar-refractivity contribution is 8.18. The topological polar surface area (TPSA) is 57.8 Å². The zero-order chi connectivity index (χ0) is 17.1. The number of nitrogens with zero attached hydrogens (tertiary/aromatic N) is 2. The maximum atomic E-state index is 12.2. The molecule has 4 rings (SSSR count). The van der Waals surface area contributed by atoms with Gasteiger partial charge in [0.25, 0.3) is 5.91 Å². The number of hydrogen-bond donors (Lipinski definition) is 1. The number of carbonyl (C=O) groups is 1. The summed E-state index contributed by atoms with van der Waals surface area (Å²) in [4.78, 5) is 19.5. The van der Waals surface area contributed by atoms with Crippen LogP contribution in [0.2, 0.25) is 0 Å². The second-order valence-electron chi connectivity index (χ2n) is 6.04. The number of nitrogens with one attached hydrogen (secondary N) is 1. The minimum absolute atomic E-state index is 0.143. The zero-order valence-corrected chi connectivity index (χ0v) is 14.6. The Bertz CT molecular complexity index is 820. The van der Waals surface area contributed by atoms with E-state index < -0.39 is 0 Å². The molecular weight excluding hydrogens is 334 g/mol. The van der Waals surface area contributed by atoms with Crippen LogP contribution in [0.1, 0.15) is 25.0 Å². The maximum Gasteiger partial charge on any atom is 0.264 e. The molecule has 0 spiro atoms. The Hall–Kier alpha value is -2.47. The third-order valence-electron chi connectivity index (χ3n) is 4.19. The number of benzene rings is 1. The monoisotopic (exact) mass is 353 g/mol. The van der Waals surface area contributed by atoms with Crippen LogP contribution in [0, 0.1) is 0 Å². The van der Waals surface area contributed by atoms with Gasteiger partial charge in [-0.05, 0) is 49.2 Å². The van der Waals surface area contributed by atoms with Crippen molar-refractivity contribution in [1.29, 1.82) is 0 Å². The molecule has 2 aliphatic rings. The van der Waals surface area contributed by atoms with Crippen LogP contribution in [0.5, 0.6) is 0 Å². The zero-order valence-electron chi connectivity index (χ0n) is 13.8. The van der Waals surface area contributed by atoms with Gasteiger partial charge in [0.15, 0.2) is 11.1 Å². The Morgan fingerprint density at radius 3 is 2.68 bits per heavy atom. The van der Waals surface area contributed by atoms with Crippen molar-refractivity contribution in [3.8, 4) is 0 Å². The summed E-state index contributed by atoms with van der Waals surface area (Å²) in [7, 11) is 0. The molecule has 1 aromatic carbocycles. The number of aliphatic imine (C=N–C) groups is 1. The maximum absolute atomic E-state index is 12.2. The number of piperidine rings is 1. The van der Waals surface area contributed by atoms with Crippen molar-refractivity contribution in [3.05, 3.63) is 53.1 Å². The van der Waals surface area contributed by atoms with Gasteiger partial charge < -0.3 is 14.6 Å². The van der Waals surface area contributed by atoms with Gasteiger partial charge >= 0.3 is 0 Å². The fourth-order valence-electron chi connectivity index (χ4n) is 2.93. The summed E-state index contributed by atoms with van der Waals surface area (Å²) in [6.45, 7) is 2.07. The van der Waals surface area contributed by atoms with Crippen LogP contribution >= 0.6 is 11.8 Å². The summed E-state index contributed by atoms with van der Waals surface area (Å²) in [6, 6.07) is 13.5. The molecule has 2 aromatic rings. The van der Waals surface area contributed by atoms with Crippen LogP contribution in [0.4, 0.5) is 11.6 Å². The smallest absolute Gasteiger partial charge is 0.264 e. The average Bonchev–Trinajstić information content (AvgIpc) is 3.24. The van der Waals surface area contributed by atoms with Crippen molar-refractivity contribution in [2.75, 3.05) is 18.0 Å². The lowest BCUT2D eigenvalue weighted by Crippen LogP contribution is -2.28. The van der Waals surface area contributed by atoms with E-state index in [1.165, 1.54) is 31.0 Å². The molecule has 0 unspecified atom stereocenters. The summed E-state index contributed by atoms with van der Waals surface area (Å²) in [5.41, 5.74) is 0.817. The Balaban J connectivity index is 1.49. The van der Waals surface area contributed by atoms with Gasteiger partial charge in [-0.1, -0.05) is 18.2 Å². The third kappa shape index (κ3) is 3.79. The number of hydrogen-bond acceptors (Lipinski definition) is 5. The van der Waals surface area contributed by atoms with Gasteiger partial charge in [-0.3, -0.25) is 4.79 Å². The van der Waals surface area contributed by atoms with Gasteiger partial charge in [-0.25, -0.2) is 4.99 Å². The second-order valence-corrected chi connectivity index (χ2v) is 7.07. The van der Waals surface area contributed by atoms with E-state index in [2.05, 4.69) is 15.2 Å². The molecule has 1 N–H and O–H groups in total. The van der Waals surface area contributed by atoms with Gasteiger partial charge in [0.05, 0.1) is 10.6 Å². The SMILES string of the molecule is O=C1NC(=Nc2ccccc2)S/C1=C/c1ccc(N2CCCCC2)o1. The number of furan rings is 1. The van der Waals surface area contributed by atoms with Crippen molar-refractivity contribution < 1.29 is 9.21 Å². The highest BCUT2D eigenvalue weighted by atomic mass is 32.2. The van der Waals surface area contributed by atoms with Gasteiger partial charge in [0.2, 0.25) is 0 Å². The van der Waals surface area contributed by atoms with Crippen molar-refractivity contribution in [2.24, 2.45) is 4.99 Å². The molecule has 2 saturated heterocycles. The molecule has 0 atom stereocenters. The summed E-state index contributed by atoms with van der Waals surface area (Å²) < 4.78 is 5.90. The van der Waals surface area contributed by atoms with Crippen molar-refractivity contribution in [1.82, 2.24) is 5.32 Å². The second kappa shape index (κ2) is 7.19. The van der Waals surface area contributed by atoms with Gasteiger partial charge in [0, 0.05) is 25.2 Å². The summed E-state index contributed by atoms with van der Waals surface area (Å²) >= 11 is 1.33. The van der Waals surface area contributed by atoms with E-state index in [1.807, 2.05) is 42.5 Å². The molecule has 0 saturated carbocycles. The van der Waals surface area contributed by atoms with E-state index in [0.717, 1.165) is 24.7 Å². The Labute approximate surface area is 150 Å². The standard InChI is InChI=1S/C19H19N3O2S/c23-18-16(25-19(21-18)20-14-7-3-1-4-8-14)13-15-9-10-17(24-15)22-11-5-2-6-12-22/h1,3-4,7-10,13H,2,5-6,11-12H2,(H,20,21,23)/b16-13+. The highest BCUT2D eigenvalue weighted by Gasteiger charge is 2.24. The number of thioether (sulfide) groups is 1. The van der Waals surface area contributed by atoms with E-state index in [0.29, 0.717) is 15.8 Å². The summed E-state index contributed by atoms with van der Waals surface area (Å²) in [5.74, 6) is 1.43. The minimum atomic E-state index is -0.143. The molecule has 0 aliphatic carbocycles.